The Morgan fingerprint density at radius 1 is 1.03 bits per heavy atom. The van der Waals surface area contributed by atoms with Gasteiger partial charge in [0, 0.05) is 0 Å². The normalized spacial score (nSPS) is 46.7. The van der Waals surface area contributed by atoms with Crippen molar-refractivity contribution >= 4 is 0 Å². The molecule has 2 N–H and O–H groups in total. The van der Waals surface area contributed by atoms with Crippen LogP contribution >= 0.6 is 0 Å². The number of hydrogen-bond donors (Lipinski definition) is 2. The smallest absolute Gasteiger partial charge is 0.114 e. The minimum Gasteiger partial charge on any atom is -0.393 e. The van der Waals surface area contributed by atoms with Crippen molar-refractivity contribution in [1.82, 2.24) is 0 Å². The fraction of sp³-hybridized carbons (Fsp3) is 0.926. The van der Waals surface area contributed by atoms with Crippen molar-refractivity contribution in [3.8, 4) is 0 Å². The largest absolute Gasteiger partial charge is 0.393 e. The Morgan fingerprint density at radius 2 is 1.80 bits per heavy atom. The zero-order chi connectivity index (χ0) is 21.7. The van der Waals surface area contributed by atoms with Crippen molar-refractivity contribution in [3.63, 3.8) is 0 Å². The van der Waals surface area contributed by atoms with Crippen LogP contribution in [0.5, 0.6) is 0 Å². The molecule has 0 bridgehead atoms. The highest BCUT2D eigenvalue weighted by Crippen LogP contribution is 2.67. The fourth-order valence-corrected chi connectivity index (χ4v) is 8.73. The summed E-state index contributed by atoms with van der Waals surface area (Å²) in [6.45, 7) is 12.2. The minimum atomic E-state index is -0.225. The Balaban J connectivity index is 1.56. The van der Waals surface area contributed by atoms with E-state index in [2.05, 4.69) is 40.7 Å². The molecule has 0 amide bonds. The van der Waals surface area contributed by atoms with Crippen molar-refractivity contribution in [2.45, 2.75) is 111 Å². The molecule has 4 rings (SSSR count). The van der Waals surface area contributed by atoms with Crippen molar-refractivity contribution in [3.05, 3.63) is 11.6 Å². The molecule has 3 heteroatoms. The van der Waals surface area contributed by atoms with Crippen LogP contribution < -0.4 is 0 Å². The van der Waals surface area contributed by atoms with Crippen LogP contribution in [0.1, 0.15) is 98.8 Å². The van der Waals surface area contributed by atoms with Crippen molar-refractivity contribution in [2.24, 2.45) is 46.3 Å². The van der Waals surface area contributed by atoms with Gasteiger partial charge >= 0.3 is 0 Å². The third-order valence-corrected chi connectivity index (χ3v) is 10.4. The van der Waals surface area contributed by atoms with Crippen LogP contribution in [0.15, 0.2) is 11.6 Å². The summed E-state index contributed by atoms with van der Waals surface area (Å²) in [6, 6.07) is 0. The molecule has 0 aromatic carbocycles. The van der Waals surface area contributed by atoms with E-state index in [1.165, 1.54) is 50.5 Å². The molecule has 3 fully saturated rings. The zero-order valence-corrected chi connectivity index (χ0v) is 20.1. The van der Waals surface area contributed by atoms with Crippen LogP contribution in [-0.4, -0.2) is 22.6 Å². The average molecular weight is 419 g/mol. The van der Waals surface area contributed by atoms with E-state index < -0.39 is 0 Å². The topological polar surface area (TPSA) is 49.7 Å². The maximum absolute atomic E-state index is 10.3. The molecule has 4 aliphatic carbocycles. The lowest BCUT2D eigenvalue weighted by atomic mass is 9.46. The van der Waals surface area contributed by atoms with Gasteiger partial charge in [-0.25, -0.2) is 4.89 Å². The molecule has 4 aliphatic rings. The Kier molecular flexibility index (Phi) is 6.48. The summed E-state index contributed by atoms with van der Waals surface area (Å²) in [5, 5.41) is 20.2. The van der Waals surface area contributed by atoms with Crippen LogP contribution in [0, 0.1) is 46.3 Å². The second kappa shape index (κ2) is 8.52. The molecule has 3 nitrogen and oxygen atoms in total. The summed E-state index contributed by atoms with van der Waals surface area (Å²) in [4.78, 5) is 5.17. The second-order valence-corrected chi connectivity index (χ2v) is 12.4. The summed E-state index contributed by atoms with van der Waals surface area (Å²) in [5.74, 6) is 4.05. The first-order valence-electron chi connectivity index (χ1n) is 12.9. The molecule has 0 aromatic rings. The second-order valence-electron chi connectivity index (χ2n) is 12.4. The number of aliphatic hydroxyl groups excluding tert-OH is 1. The fourth-order valence-electron chi connectivity index (χ4n) is 8.73. The van der Waals surface area contributed by atoms with Gasteiger partial charge in [0.1, 0.15) is 6.10 Å². The van der Waals surface area contributed by atoms with Gasteiger partial charge in [0.2, 0.25) is 0 Å². The van der Waals surface area contributed by atoms with E-state index in [-0.39, 0.29) is 17.6 Å². The van der Waals surface area contributed by atoms with E-state index >= 15 is 0 Å². The van der Waals surface area contributed by atoms with E-state index in [4.69, 9.17) is 4.89 Å². The first-order chi connectivity index (χ1) is 14.2. The molecule has 30 heavy (non-hydrogen) atoms. The summed E-state index contributed by atoms with van der Waals surface area (Å²) >= 11 is 0. The molecular formula is C27H46O3. The number of aliphatic hydroxyl groups is 1. The first-order valence-corrected chi connectivity index (χ1v) is 12.9. The number of rotatable bonds is 6. The molecular weight excluding hydrogens is 372 g/mol. The van der Waals surface area contributed by atoms with E-state index in [1.54, 1.807) is 0 Å². The summed E-state index contributed by atoms with van der Waals surface area (Å²) < 4.78 is 0. The predicted octanol–water partition coefficient (Wildman–Crippen LogP) is 6.86. The van der Waals surface area contributed by atoms with Gasteiger partial charge in [-0.2, -0.15) is 0 Å². The Hall–Kier alpha value is -0.380. The average Bonchev–Trinajstić information content (AvgIpc) is 3.05. The van der Waals surface area contributed by atoms with E-state index in [0.717, 1.165) is 37.0 Å². The van der Waals surface area contributed by atoms with Gasteiger partial charge in [0.05, 0.1) is 6.10 Å². The summed E-state index contributed by atoms with van der Waals surface area (Å²) in [5.41, 5.74) is 1.91. The molecule has 5 unspecified atom stereocenters. The lowest BCUT2D eigenvalue weighted by Crippen LogP contribution is -2.55. The summed E-state index contributed by atoms with van der Waals surface area (Å²) in [7, 11) is 0. The molecule has 0 saturated heterocycles. The molecule has 3 saturated carbocycles. The Morgan fingerprint density at radius 3 is 2.50 bits per heavy atom. The third-order valence-electron chi connectivity index (χ3n) is 10.4. The number of fused-ring (bicyclic) bond motifs is 5. The minimum absolute atomic E-state index is 0.182. The molecule has 0 spiro atoms. The molecule has 9 atom stereocenters. The SMILES string of the molecule is CC(C)CCCC(C)[C@H]1CCC2C3C(OO)C=C4C[C@@H](O)CC[C@]4(C)C3CC[C@@]21C. The highest BCUT2D eigenvalue weighted by molar-refractivity contribution is 5.28. The van der Waals surface area contributed by atoms with Crippen molar-refractivity contribution < 1.29 is 15.3 Å². The Bertz CT molecular complexity index is 642. The lowest BCUT2D eigenvalue weighted by molar-refractivity contribution is -0.296. The molecule has 0 heterocycles. The molecule has 0 aliphatic heterocycles. The third kappa shape index (κ3) is 3.71. The van der Waals surface area contributed by atoms with Gasteiger partial charge in [0.15, 0.2) is 0 Å². The van der Waals surface area contributed by atoms with Crippen molar-refractivity contribution in [1.29, 1.82) is 0 Å². The number of hydrogen-bond acceptors (Lipinski definition) is 3. The molecule has 0 radical (unpaired) electrons. The van der Waals surface area contributed by atoms with Crippen LogP contribution in [0.3, 0.4) is 0 Å². The van der Waals surface area contributed by atoms with E-state index in [0.29, 0.717) is 23.2 Å². The molecule has 0 aromatic heterocycles. The monoisotopic (exact) mass is 418 g/mol. The van der Waals surface area contributed by atoms with Gasteiger partial charge in [0.25, 0.3) is 0 Å². The van der Waals surface area contributed by atoms with Gasteiger partial charge in [-0.15, -0.1) is 0 Å². The van der Waals surface area contributed by atoms with Crippen LogP contribution in [0.2, 0.25) is 0 Å². The first kappa shape index (κ1) is 22.8. The lowest BCUT2D eigenvalue weighted by Gasteiger charge is -2.59. The van der Waals surface area contributed by atoms with Crippen molar-refractivity contribution in [2.75, 3.05) is 0 Å². The van der Waals surface area contributed by atoms with Crippen LogP contribution in [0.25, 0.3) is 0 Å². The molecule has 172 valence electrons. The summed E-state index contributed by atoms with van der Waals surface area (Å²) in [6.07, 6.45) is 13.8. The zero-order valence-electron chi connectivity index (χ0n) is 20.1. The maximum Gasteiger partial charge on any atom is 0.114 e. The predicted molar refractivity (Wildman–Crippen MR) is 122 cm³/mol. The van der Waals surface area contributed by atoms with Crippen LogP contribution in [-0.2, 0) is 4.89 Å². The Labute approximate surface area is 184 Å². The van der Waals surface area contributed by atoms with E-state index in [9.17, 15) is 10.4 Å². The van der Waals surface area contributed by atoms with E-state index in [1.807, 2.05) is 0 Å². The van der Waals surface area contributed by atoms with Gasteiger partial charge in [-0.05, 0) is 91.3 Å². The highest BCUT2D eigenvalue weighted by atomic mass is 17.1. The highest BCUT2D eigenvalue weighted by Gasteiger charge is 2.61. The maximum atomic E-state index is 10.3. The van der Waals surface area contributed by atoms with Gasteiger partial charge < -0.3 is 5.11 Å². The standard InChI is InChI=1S/C27H46O3/c1-17(2)7-6-8-18(3)21-9-10-22-25-23(12-14-27(21,22)5)26(4)13-11-20(28)15-19(26)16-24(25)30-29/h16-18,20-25,28-29H,6-15H2,1-5H3/t18?,20-,21+,22?,23?,24?,25?,26-,27+/m0/s1. The van der Waals surface area contributed by atoms with Gasteiger partial charge in [-0.1, -0.05) is 65.5 Å². The van der Waals surface area contributed by atoms with Gasteiger partial charge in [-0.3, -0.25) is 5.26 Å². The quantitative estimate of drug-likeness (QED) is 0.281. The van der Waals surface area contributed by atoms with Crippen LogP contribution in [0.4, 0.5) is 0 Å².